The summed E-state index contributed by atoms with van der Waals surface area (Å²) in [5.74, 6) is 0.650. The van der Waals surface area contributed by atoms with Gasteiger partial charge >= 0.3 is 19.3 Å². The lowest BCUT2D eigenvalue weighted by Gasteiger charge is -2.37. The highest BCUT2D eigenvalue weighted by atomic mass is 79.9. The van der Waals surface area contributed by atoms with Crippen LogP contribution in [0, 0.1) is 63.1 Å². The largest absolute Gasteiger partial charge is 0.498 e. The third-order valence-corrected chi connectivity index (χ3v) is 21.4. The van der Waals surface area contributed by atoms with Gasteiger partial charge in [0, 0.05) is 196 Å². The summed E-state index contributed by atoms with van der Waals surface area (Å²) >= 11 is 19.8. The SMILES string of the molecule is CC(C)(C)OC(=O)N1CCN(c2cccc(F)c2)CC1.CC(C)(C)OC(=O)N1CCNCC1.Cn1cc(-c2ncc(C#N)c(N3CCN(c4cccc(F)c4)CC3)n2)cn1.Cn1cc(B2OC(C)(C)C(C)(C)O2)cn1.Fc1cccc(Br)c1.Fc1cccc(N2CCNCC2)c1.N#Cc1cnc(Cl)nc1Cl.N#Cc1cnc(Cl)nc1N1CCN(c2cccc(F)c2)CC1. The number of nitrogens with zero attached hydrogens (tertiary/aromatic N) is 21. The average molecular weight is 1890 g/mol. The zero-order valence-electron chi connectivity index (χ0n) is 73.6. The standard InChI is InChI=1S/C19H18FN7.C15H13ClFN5.C15H21FN2O2.C10H17BN2O2.C10H13FN2.C9H18N2O2.C6H4BrF.C5HCl2N3/c1-25-13-15(12-23-25)18-22-11-14(10-21)19(24-18)27-7-5-26(6-8-27)17-4-2-3-16(20)9-17;16-15-19-10-11(9-18)14(20-15)22-6-4-21(5-7-22)13-3-1-2-12(17)8-13;1-15(2,3)20-14(19)18-9-7-17(8-10-18)13-6-4-5-12(16)11-13;1-9(2)10(3,4)15-11(14-9)8-6-12-13(5)7-8;11-9-2-1-3-10(8-9)13-6-4-12-5-7-13;1-9(2,3)13-8(12)11-6-4-10-5-7-11;7-5-2-1-3-6(8)4-5;6-4-3(1-8)2-9-5(7)10-4/h2-4,9,11-13H,5-8H2,1H3;1-3,8,10H,4-7H2;4-6,11H,7-10H2,1-3H3;6-7H,1-5H3;1-3,8,12H,4-7H2;10H,4-7H2,1-3H3;1-4H;2H. The summed E-state index contributed by atoms with van der Waals surface area (Å²) in [6.07, 6.45) is 11.0. The Labute approximate surface area is 767 Å². The van der Waals surface area contributed by atoms with Gasteiger partial charge in [-0.05, 0) is 183 Å². The summed E-state index contributed by atoms with van der Waals surface area (Å²) in [6, 6.07) is 38.8. The topological polar surface area (TPSA) is 305 Å². The van der Waals surface area contributed by atoms with E-state index in [9.17, 15) is 36.8 Å². The van der Waals surface area contributed by atoms with Crippen molar-refractivity contribution in [1.82, 2.24) is 69.9 Å². The van der Waals surface area contributed by atoms with Crippen molar-refractivity contribution in [3.05, 3.63) is 231 Å². The van der Waals surface area contributed by atoms with E-state index in [0.29, 0.717) is 80.9 Å². The summed E-state index contributed by atoms with van der Waals surface area (Å²) in [5.41, 5.74) is 5.00. The molecule has 16 rings (SSSR count). The van der Waals surface area contributed by atoms with Gasteiger partial charge in [0.25, 0.3) is 0 Å². The van der Waals surface area contributed by atoms with Crippen LogP contribution in [-0.4, -0.2) is 232 Å². The van der Waals surface area contributed by atoms with Gasteiger partial charge in [-0.1, -0.05) is 57.9 Å². The number of benzene rings is 5. The maximum absolute atomic E-state index is 13.5. The van der Waals surface area contributed by atoms with Gasteiger partial charge < -0.3 is 68.6 Å². The molecular weight excluding hydrogens is 1780 g/mol. The number of nitrogens with one attached hydrogen (secondary N) is 2. The lowest BCUT2D eigenvalue weighted by atomic mass is 9.82. The smallest absolute Gasteiger partial charge is 0.444 e. The van der Waals surface area contributed by atoms with E-state index in [1.54, 1.807) is 92.4 Å². The number of hydrogen-bond donors (Lipinski definition) is 2. The minimum Gasteiger partial charge on any atom is -0.444 e. The van der Waals surface area contributed by atoms with E-state index in [-0.39, 0.29) is 86.5 Å². The Morgan fingerprint density at radius 3 is 1.17 bits per heavy atom. The van der Waals surface area contributed by atoms with Gasteiger partial charge in [-0.3, -0.25) is 9.36 Å². The molecule has 0 spiro atoms. The molecule has 6 fully saturated rings. The number of anilines is 6. The Bertz CT molecular complexity index is 5380. The molecule has 2 amide bonds. The molecule has 11 heterocycles. The van der Waals surface area contributed by atoms with Gasteiger partial charge in [-0.15, -0.1) is 0 Å². The van der Waals surface area contributed by atoms with E-state index < -0.39 is 5.60 Å². The molecular formula is C89H105BBrCl3F5N23O6. The number of piperazine rings is 5. The molecule has 678 valence electrons. The number of carbonyl (C=O) groups excluding carboxylic acids is 2. The molecule has 0 radical (unpaired) electrons. The van der Waals surface area contributed by atoms with Crippen LogP contribution in [-0.2, 0) is 32.9 Å². The summed E-state index contributed by atoms with van der Waals surface area (Å²) in [6.45, 7) is 34.7. The van der Waals surface area contributed by atoms with Crippen LogP contribution in [0.3, 0.4) is 0 Å². The number of nitriles is 3. The predicted molar refractivity (Wildman–Crippen MR) is 491 cm³/mol. The average Bonchev–Trinajstić information content (AvgIpc) is 1.62. The first-order chi connectivity index (χ1) is 60.8. The summed E-state index contributed by atoms with van der Waals surface area (Å²) in [4.78, 5) is 63.5. The third kappa shape index (κ3) is 31.5. The van der Waals surface area contributed by atoms with Crippen molar-refractivity contribution in [2.75, 3.05) is 160 Å². The van der Waals surface area contributed by atoms with Crippen LogP contribution < -0.4 is 45.5 Å². The van der Waals surface area contributed by atoms with Crippen molar-refractivity contribution in [1.29, 1.82) is 15.8 Å². The van der Waals surface area contributed by atoms with Gasteiger partial charge in [0.15, 0.2) is 22.6 Å². The van der Waals surface area contributed by atoms with E-state index in [4.69, 9.17) is 64.1 Å². The van der Waals surface area contributed by atoms with Crippen molar-refractivity contribution < 1.29 is 50.3 Å². The van der Waals surface area contributed by atoms with Gasteiger partial charge in [0.1, 0.15) is 75.2 Å². The van der Waals surface area contributed by atoms with Crippen LogP contribution in [0.25, 0.3) is 11.4 Å². The van der Waals surface area contributed by atoms with Crippen molar-refractivity contribution in [3.63, 3.8) is 0 Å². The summed E-state index contributed by atoms with van der Waals surface area (Å²) in [5, 5.41) is 41.9. The van der Waals surface area contributed by atoms with Crippen LogP contribution in [0.1, 0.15) is 85.9 Å². The molecule has 0 saturated carbocycles. The Hall–Kier alpha value is -11.5. The van der Waals surface area contributed by atoms with E-state index >= 15 is 0 Å². The first-order valence-corrected chi connectivity index (χ1v) is 43.2. The highest BCUT2D eigenvalue weighted by molar-refractivity contribution is 9.10. The normalized spacial score (nSPS) is 15.8. The molecule has 6 saturated heterocycles. The molecule has 6 aliphatic heterocycles. The molecule has 0 bridgehead atoms. The second-order valence-corrected chi connectivity index (χ2v) is 34.6. The van der Waals surface area contributed by atoms with Crippen LogP contribution in [0.5, 0.6) is 0 Å². The molecule has 10 aromatic rings. The Balaban J connectivity index is 0.000000169. The van der Waals surface area contributed by atoms with Gasteiger partial charge in [0.2, 0.25) is 10.6 Å². The van der Waals surface area contributed by atoms with Gasteiger partial charge in [-0.25, -0.2) is 56.5 Å². The monoisotopic (exact) mass is 1880 g/mol. The number of hydrogen-bond acceptors (Lipinski definition) is 25. The number of aryl methyl sites for hydroxylation is 2. The van der Waals surface area contributed by atoms with Crippen molar-refractivity contribution in [2.45, 2.75) is 91.6 Å². The number of aromatic nitrogens is 10. The Morgan fingerprint density at radius 1 is 0.453 bits per heavy atom. The maximum Gasteiger partial charge on any atom is 0.498 e. The van der Waals surface area contributed by atoms with Crippen molar-refractivity contribution in [2.24, 2.45) is 14.1 Å². The lowest BCUT2D eigenvalue weighted by molar-refractivity contribution is 0.00578. The minimum atomic E-state index is -0.475. The summed E-state index contributed by atoms with van der Waals surface area (Å²) in [7, 11) is 3.41. The van der Waals surface area contributed by atoms with E-state index in [0.717, 1.165) is 117 Å². The second kappa shape index (κ2) is 47.5. The Morgan fingerprint density at radius 2 is 0.805 bits per heavy atom. The molecule has 2 N–H and O–H groups in total. The Kier molecular flexibility index (Phi) is 37.2. The van der Waals surface area contributed by atoms with Crippen LogP contribution in [0.15, 0.2) is 169 Å². The van der Waals surface area contributed by atoms with E-state index in [1.807, 2.05) is 125 Å². The fraction of sp³-hybridized carbons (Fsp3) is 0.404. The maximum atomic E-state index is 13.5. The van der Waals surface area contributed by atoms with Crippen LogP contribution >= 0.6 is 50.7 Å². The number of amides is 2. The molecule has 6 aliphatic rings. The van der Waals surface area contributed by atoms with Gasteiger partial charge in [-0.2, -0.15) is 31.0 Å². The first kappa shape index (κ1) is 100. The minimum absolute atomic E-state index is 0.0454. The molecule has 5 aromatic carbocycles. The zero-order chi connectivity index (χ0) is 92.9. The number of rotatable bonds is 8. The number of halogens is 9. The molecule has 0 atom stereocenters. The van der Waals surface area contributed by atoms with Crippen LogP contribution in [0.4, 0.5) is 65.9 Å². The third-order valence-electron chi connectivity index (χ3n) is 20.3. The molecule has 29 nitrogen and oxygen atoms in total. The van der Waals surface area contributed by atoms with Crippen molar-refractivity contribution >= 4 is 110 Å². The second-order valence-electron chi connectivity index (χ2n) is 32.6. The van der Waals surface area contributed by atoms with Crippen molar-refractivity contribution in [3.8, 4) is 29.6 Å². The number of ether oxygens (including phenoxy) is 2. The van der Waals surface area contributed by atoms with E-state index in [2.05, 4.69) is 103 Å². The molecule has 39 heteroatoms. The molecule has 0 aliphatic carbocycles. The van der Waals surface area contributed by atoms with E-state index in [1.165, 1.54) is 60.9 Å². The molecule has 128 heavy (non-hydrogen) atoms. The van der Waals surface area contributed by atoms with Gasteiger partial charge in [0.05, 0.1) is 41.6 Å². The first-order valence-electron chi connectivity index (χ1n) is 41.3. The number of carbonyl (C=O) groups is 2. The zero-order valence-corrected chi connectivity index (χ0v) is 77.4. The quantitative estimate of drug-likeness (QED) is 0.0618. The van der Waals surface area contributed by atoms with Crippen LogP contribution in [0.2, 0.25) is 15.7 Å². The molecule has 5 aromatic heterocycles. The highest BCUT2D eigenvalue weighted by Crippen LogP contribution is 2.37. The fourth-order valence-corrected chi connectivity index (χ4v) is 13.9. The highest BCUT2D eigenvalue weighted by Gasteiger charge is 2.52. The summed E-state index contributed by atoms with van der Waals surface area (Å²) < 4.78 is 91.6. The predicted octanol–water partition coefficient (Wildman–Crippen LogP) is 14.6. The molecule has 0 unspecified atom stereocenters. The fourth-order valence-electron chi connectivity index (χ4n) is 13.1. The lowest BCUT2D eigenvalue weighted by Crippen LogP contribution is -2.50.